The van der Waals surface area contributed by atoms with Crippen molar-refractivity contribution in [2.75, 3.05) is 0 Å². The molecule has 0 nitrogen and oxygen atoms in total. The maximum absolute atomic E-state index is 2.58. The molecule has 0 bridgehead atoms. The van der Waals surface area contributed by atoms with E-state index in [0.29, 0.717) is 0 Å². The van der Waals surface area contributed by atoms with Crippen molar-refractivity contribution in [2.24, 2.45) is 0 Å². The predicted octanol–water partition coefficient (Wildman–Crippen LogP) is 3.60. The number of hydrogen-bond acceptors (Lipinski definition) is 0. The summed E-state index contributed by atoms with van der Waals surface area (Å²) < 4.78 is 0. The van der Waals surface area contributed by atoms with Crippen LogP contribution in [-0.4, -0.2) is 24.9 Å². The van der Waals surface area contributed by atoms with E-state index >= 15 is 0 Å². The van der Waals surface area contributed by atoms with E-state index < -0.39 is 16.1 Å². The van der Waals surface area contributed by atoms with E-state index in [4.69, 9.17) is 0 Å². The van der Waals surface area contributed by atoms with Crippen molar-refractivity contribution >= 4 is 24.9 Å². The van der Waals surface area contributed by atoms with Gasteiger partial charge in [0.1, 0.15) is 0 Å². The zero-order valence-corrected chi connectivity index (χ0v) is 13.1. The van der Waals surface area contributed by atoms with Crippen LogP contribution in [0.4, 0.5) is 0 Å². The summed E-state index contributed by atoms with van der Waals surface area (Å²) >= 11 is 0. The smallest absolute Gasteiger partial charge is 0.0413 e. The molecule has 74 valence electrons. The highest BCUT2D eigenvalue weighted by atomic mass is 28.4. The van der Waals surface area contributed by atoms with E-state index in [0.717, 1.165) is 0 Å². The molecule has 0 aliphatic carbocycles. The topological polar surface area (TPSA) is 0 Å². The Labute approximate surface area is 82.4 Å². The minimum absolute atomic E-state index is 0.329. The summed E-state index contributed by atoms with van der Waals surface area (Å²) in [5, 5.41) is 0. The van der Waals surface area contributed by atoms with E-state index in [-0.39, 0.29) is 8.80 Å². The van der Waals surface area contributed by atoms with E-state index in [1.165, 1.54) is 0 Å². The van der Waals surface area contributed by atoms with Gasteiger partial charge in [-0.3, -0.25) is 0 Å². The van der Waals surface area contributed by atoms with Crippen LogP contribution in [0.1, 0.15) is 0 Å². The van der Waals surface area contributed by atoms with Gasteiger partial charge < -0.3 is 0 Å². The van der Waals surface area contributed by atoms with Crippen LogP contribution in [0, 0.1) is 0 Å². The summed E-state index contributed by atoms with van der Waals surface area (Å²) in [5.74, 6) is 0. The molecular weight excluding hydrogens is 192 g/mol. The minimum atomic E-state index is -0.736. The molecule has 0 N–H and O–H groups in total. The predicted molar refractivity (Wildman–Crippen MR) is 69.3 cm³/mol. The average Bonchev–Trinajstić information content (AvgIpc) is 1.49. The van der Waals surface area contributed by atoms with Crippen LogP contribution in [0.5, 0.6) is 0 Å². The summed E-state index contributed by atoms with van der Waals surface area (Å²) in [4.78, 5) is 0. The van der Waals surface area contributed by atoms with Gasteiger partial charge in [0, 0.05) is 24.9 Å². The van der Waals surface area contributed by atoms with Crippen molar-refractivity contribution in [1.29, 1.82) is 0 Å². The van der Waals surface area contributed by atoms with E-state index in [1.54, 1.807) is 11.3 Å². The average molecular weight is 219 g/mol. The molecule has 0 amide bonds. The monoisotopic (exact) mass is 218 g/mol. The lowest BCUT2D eigenvalue weighted by Crippen LogP contribution is -2.34. The van der Waals surface area contributed by atoms with Crippen LogP contribution in [0.3, 0.4) is 0 Å². The Bertz CT molecular complexity index is 114. The molecular formula is C9H26Si3. The van der Waals surface area contributed by atoms with E-state index in [1.807, 2.05) is 0 Å². The molecule has 0 aromatic carbocycles. The van der Waals surface area contributed by atoms with Crippen LogP contribution in [-0.2, 0) is 0 Å². The molecule has 0 aliphatic rings. The normalized spacial score (nSPS) is 14.0. The third-order valence-corrected chi connectivity index (χ3v) is 17.3. The Kier molecular flexibility index (Phi) is 4.47. The Morgan fingerprint density at radius 3 is 1.17 bits per heavy atom. The maximum atomic E-state index is 2.58. The molecule has 0 aromatic rings. The zero-order chi connectivity index (χ0) is 9.99. The second kappa shape index (κ2) is 4.24. The van der Waals surface area contributed by atoms with Crippen molar-refractivity contribution < 1.29 is 0 Å². The van der Waals surface area contributed by atoms with Gasteiger partial charge in [-0.15, -0.1) is 0 Å². The fourth-order valence-electron chi connectivity index (χ4n) is 2.16. The molecule has 0 spiro atoms. The van der Waals surface area contributed by atoms with Gasteiger partial charge in [0.2, 0.25) is 0 Å². The van der Waals surface area contributed by atoms with Gasteiger partial charge in [-0.25, -0.2) is 0 Å². The Balaban J connectivity index is 3.83. The molecule has 0 radical (unpaired) electrons. The first kappa shape index (κ1) is 12.7. The molecule has 0 saturated heterocycles. The van der Waals surface area contributed by atoms with Gasteiger partial charge in [0.05, 0.1) is 0 Å². The van der Waals surface area contributed by atoms with Crippen LogP contribution in [0.25, 0.3) is 0 Å². The largest absolute Gasteiger partial charge is 0.0724 e. The van der Waals surface area contributed by atoms with Gasteiger partial charge >= 0.3 is 0 Å². The molecule has 0 heterocycles. The summed E-state index contributed by atoms with van der Waals surface area (Å²) in [5.41, 5.74) is 3.30. The fraction of sp³-hybridized carbons (Fsp3) is 1.00. The molecule has 0 atom stereocenters. The van der Waals surface area contributed by atoms with Crippen LogP contribution in [0.2, 0.25) is 57.2 Å². The highest BCUT2D eigenvalue weighted by molar-refractivity contribution is 6.94. The summed E-state index contributed by atoms with van der Waals surface area (Å²) in [6, 6.07) is 0. The van der Waals surface area contributed by atoms with Gasteiger partial charge in [-0.2, -0.15) is 0 Å². The molecule has 12 heavy (non-hydrogen) atoms. The molecule has 0 rings (SSSR count). The number of hydrogen-bond donors (Lipinski definition) is 0. The Hall–Kier alpha value is 0.651. The van der Waals surface area contributed by atoms with Gasteiger partial charge in [0.25, 0.3) is 0 Å². The van der Waals surface area contributed by atoms with Crippen LogP contribution in [0.15, 0.2) is 0 Å². The molecule has 3 heteroatoms. The second-order valence-electron chi connectivity index (χ2n) is 6.63. The Morgan fingerprint density at radius 2 is 1.00 bits per heavy atom. The molecule has 0 fully saturated rings. The maximum Gasteiger partial charge on any atom is 0.0413 e. The van der Waals surface area contributed by atoms with Crippen molar-refractivity contribution in [2.45, 2.75) is 57.2 Å². The molecule has 0 aromatic heterocycles. The first-order chi connectivity index (χ1) is 5.10. The number of rotatable bonds is 4. The SMILES string of the molecule is C[SiH](C[Si](C)(C)C)C[Si](C)(C)C. The van der Waals surface area contributed by atoms with Crippen molar-refractivity contribution in [3.8, 4) is 0 Å². The second-order valence-corrected chi connectivity index (χ2v) is 22.4. The lowest BCUT2D eigenvalue weighted by Gasteiger charge is -2.25. The van der Waals surface area contributed by atoms with E-state index in [9.17, 15) is 0 Å². The minimum Gasteiger partial charge on any atom is -0.0724 e. The van der Waals surface area contributed by atoms with E-state index in [2.05, 4.69) is 45.8 Å². The standard InChI is InChI=1S/C9H26Si3/c1-10(8-11(2,3)4)9-12(5,6)7/h10H,8-9H2,1-7H3. The molecule has 0 saturated carbocycles. The van der Waals surface area contributed by atoms with Crippen molar-refractivity contribution in [3.05, 3.63) is 0 Å². The third-order valence-electron chi connectivity index (χ3n) is 1.92. The fourth-order valence-corrected chi connectivity index (χ4v) is 20.8. The van der Waals surface area contributed by atoms with Crippen LogP contribution >= 0.6 is 0 Å². The zero-order valence-electron chi connectivity index (χ0n) is 9.99. The quantitative estimate of drug-likeness (QED) is 0.633. The lowest BCUT2D eigenvalue weighted by atomic mass is 11.7. The first-order valence-corrected chi connectivity index (χ1v) is 15.3. The summed E-state index contributed by atoms with van der Waals surface area (Å²) in [6.07, 6.45) is 0. The van der Waals surface area contributed by atoms with Gasteiger partial charge in [0.15, 0.2) is 0 Å². The Morgan fingerprint density at radius 1 is 0.750 bits per heavy atom. The van der Waals surface area contributed by atoms with Crippen LogP contribution < -0.4 is 0 Å². The lowest BCUT2D eigenvalue weighted by molar-refractivity contribution is 1.52. The highest BCUT2D eigenvalue weighted by Gasteiger charge is 2.23. The van der Waals surface area contributed by atoms with Crippen molar-refractivity contribution in [3.63, 3.8) is 0 Å². The highest BCUT2D eigenvalue weighted by Crippen LogP contribution is 2.18. The summed E-state index contributed by atoms with van der Waals surface area (Å²) in [7, 11) is -1.80. The molecule has 0 aliphatic heterocycles. The summed E-state index contributed by atoms with van der Waals surface area (Å²) in [6.45, 7) is 17.7. The van der Waals surface area contributed by atoms with Gasteiger partial charge in [-0.1, -0.05) is 57.2 Å². The third kappa shape index (κ3) is 8.74. The first-order valence-electron chi connectivity index (χ1n) is 5.10. The van der Waals surface area contributed by atoms with Gasteiger partial charge in [-0.05, 0) is 0 Å². The van der Waals surface area contributed by atoms with Crippen molar-refractivity contribution in [1.82, 2.24) is 0 Å². The molecule has 0 unspecified atom stereocenters.